The van der Waals surface area contributed by atoms with Gasteiger partial charge in [-0.2, -0.15) is 0 Å². The van der Waals surface area contributed by atoms with Gasteiger partial charge in [0.05, 0.1) is 11.5 Å². The van der Waals surface area contributed by atoms with Crippen LogP contribution in [0.1, 0.15) is 38.8 Å². The molecule has 3 nitrogen and oxygen atoms in total. The van der Waals surface area contributed by atoms with E-state index in [2.05, 4.69) is 36.6 Å². The number of benzene rings is 1. The largest absolute Gasteiger partial charge is 0.349 e. The summed E-state index contributed by atoms with van der Waals surface area (Å²) in [6.07, 6.45) is 0.929. The molecule has 3 heteroatoms. The lowest BCUT2D eigenvalue weighted by molar-refractivity contribution is -0.133. The molecule has 1 unspecified atom stereocenters. The molecule has 1 amide bonds. The van der Waals surface area contributed by atoms with Gasteiger partial charge in [-0.1, -0.05) is 44.2 Å². The summed E-state index contributed by atoms with van der Waals surface area (Å²) in [5.74, 6) is 0.536. The van der Waals surface area contributed by atoms with Crippen LogP contribution in [-0.4, -0.2) is 19.0 Å². The molecule has 0 aliphatic carbocycles. The molecule has 0 aromatic heterocycles. The van der Waals surface area contributed by atoms with Crippen molar-refractivity contribution >= 4 is 5.91 Å². The summed E-state index contributed by atoms with van der Waals surface area (Å²) in [4.78, 5) is 12.6. The molecule has 1 saturated heterocycles. The predicted molar refractivity (Wildman–Crippen MR) is 77.8 cm³/mol. The Morgan fingerprint density at radius 1 is 1.26 bits per heavy atom. The molecule has 1 aromatic rings. The van der Waals surface area contributed by atoms with Crippen molar-refractivity contribution < 1.29 is 4.79 Å². The van der Waals surface area contributed by atoms with E-state index in [4.69, 9.17) is 0 Å². The maximum absolute atomic E-state index is 12.6. The van der Waals surface area contributed by atoms with Gasteiger partial charge in [0.2, 0.25) is 5.91 Å². The van der Waals surface area contributed by atoms with Crippen LogP contribution >= 0.6 is 0 Å². The molecule has 1 aromatic carbocycles. The number of hydrogen-bond acceptors (Lipinski definition) is 2. The van der Waals surface area contributed by atoms with Crippen LogP contribution in [0, 0.1) is 11.3 Å². The highest BCUT2D eigenvalue weighted by molar-refractivity contribution is 5.84. The van der Waals surface area contributed by atoms with E-state index in [0.717, 1.165) is 25.1 Å². The Hall–Kier alpha value is -1.35. The van der Waals surface area contributed by atoms with E-state index in [-0.39, 0.29) is 17.4 Å². The summed E-state index contributed by atoms with van der Waals surface area (Å²) in [6, 6.07) is 10.2. The van der Waals surface area contributed by atoms with Gasteiger partial charge in [-0.05, 0) is 31.4 Å². The number of hydrogen-bond donors (Lipinski definition) is 2. The van der Waals surface area contributed by atoms with Gasteiger partial charge in [-0.25, -0.2) is 0 Å². The first kappa shape index (κ1) is 14.1. The third kappa shape index (κ3) is 2.81. The van der Waals surface area contributed by atoms with Crippen LogP contribution in [0.4, 0.5) is 0 Å². The second-order valence-electron chi connectivity index (χ2n) is 5.84. The van der Waals surface area contributed by atoms with Gasteiger partial charge in [0.25, 0.3) is 0 Å². The number of carbonyl (C=O) groups is 1. The lowest BCUT2D eigenvalue weighted by Gasteiger charge is -2.32. The molecule has 1 fully saturated rings. The van der Waals surface area contributed by atoms with Gasteiger partial charge in [-0.15, -0.1) is 0 Å². The molecular weight excluding hydrogens is 236 g/mol. The minimum absolute atomic E-state index is 0.0601. The highest BCUT2D eigenvalue weighted by Gasteiger charge is 2.44. The first-order chi connectivity index (χ1) is 9.06. The Bertz CT molecular complexity index is 422. The molecule has 2 rings (SSSR count). The second kappa shape index (κ2) is 5.74. The molecule has 0 saturated carbocycles. The van der Waals surface area contributed by atoms with E-state index in [1.54, 1.807) is 0 Å². The van der Waals surface area contributed by atoms with E-state index in [1.807, 2.05) is 25.1 Å². The zero-order valence-corrected chi connectivity index (χ0v) is 12.1. The van der Waals surface area contributed by atoms with Gasteiger partial charge >= 0.3 is 0 Å². The van der Waals surface area contributed by atoms with Crippen molar-refractivity contribution in [3.8, 4) is 0 Å². The summed E-state index contributed by atoms with van der Waals surface area (Å²) < 4.78 is 0. The number of amides is 1. The van der Waals surface area contributed by atoms with E-state index >= 15 is 0 Å². The zero-order valence-electron chi connectivity index (χ0n) is 12.1. The number of carbonyl (C=O) groups excluding carboxylic acids is 1. The highest BCUT2D eigenvalue weighted by Crippen LogP contribution is 2.35. The first-order valence-corrected chi connectivity index (χ1v) is 7.13. The van der Waals surface area contributed by atoms with Crippen LogP contribution in [0.2, 0.25) is 0 Å². The van der Waals surface area contributed by atoms with E-state index in [0.29, 0.717) is 5.92 Å². The molecule has 1 aliphatic heterocycles. The van der Waals surface area contributed by atoms with Gasteiger partial charge in [0, 0.05) is 6.54 Å². The lowest BCUT2D eigenvalue weighted by Crippen LogP contribution is -2.46. The van der Waals surface area contributed by atoms with Gasteiger partial charge in [0.1, 0.15) is 0 Å². The van der Waals surface area contributed by atoms with E-state index in [9.17, 15) is 4.79 Å². The molecule has 104 valence electrons. The molecular formula is C16H24N2O. The summed E-state index contributed by atoms with van der Waals surface area (Å²) >= 11 is 0. The van der Waals surface area contributed by atoms with Crippen LogP contribution in [0.3, 0.4) is 0 Å². The van der Waals surface area contributed by atoms with Crippen molar-refractivity contribution in [2.45, 2.75) is 33.2 Å². The lowest BCUT2D eigenvalue weighted by atomic mass is 9.75. The third-order valence-corrected chi connectivity index (χ3v) is 4.39. The van der Waals surface area contributed by atoms with E-state index in [1.165, 1.54) is 0 Å². The standard InChI is InChI=1S/C16H24N2O/c1-12(2)16(9-10-17-11-16)15(19)18-13(3)14-7-5-4-6-8-14/h4-8,12-13,17H,9-11H2,1-3H3,(H,18,19)/t13-,16?/m0/s1. The van der Waals surface area contributed by atoms with Gasteiger partial charge in [-0.3, -0.25) is 4.79 Å². The van der Waals surface area contributed by atoms with Crippen LogP contribution in [0.25, 0.3) is 0 Å². The molecule has 1 aliphatic rings. The molecule has 0 spiro atoms. The van der Waals surface area contributed by atoms with Crippen molar-refractivity contribution in [2.75, 3.05) is 13.1 Å². The van der Waals surface area contributed by atoms with Crippen molar-refractivity contribution in [1.29, 1.82) is 0 Å². The molecule has 1 heterocycles. The third-order valence-electron chi connectivity index (χ3n) is 4.39. The van der Waals surface area contributed by atoms with Crippen molar-refractivity contribution in [3.63, 3.8) is 0 Å². The smallest absolute Gasteiger partial charge is 0.228 e. The van der Waals surface area contributed by atoms with Crippen LogP contribution in [0.15, 0.2) is 30.3 Å². The molecule has 2 atom stereocenters. The first-order valence-electron chi connectivity index (χ1n) is 7.13. The van der Waals surface area contributed by atoms with Crippen molar-refractivity contribution in [1.82, 2.24) is 10.6 Å². The van der Waals surface area contributed by atoms with Crippen LogP contribution in [0.5, 0.6) is 0 Å². The zero-order chi connectivity index (χ0) is 13.9. The maximum atomic E-state index is 12.6. The normalized spacial score (nSPS) is 24.4. The summed E-state index contributed by atoms with van der Waals surface area (Å²) in [5, 5.41) is 6.51. The quantitative estimate of drug-likeness (QED) is 0.873. The number of rotatable bonds is 4. The molecule has 0 radical (unpaired) electrons. The molecule has 19 heavy (non-hydrogen) atoms. The Labute approximate surface area is 115 Å². The van der Waals surface area contributed by atoms with Crippen LogP contribution in [-0.2, 0) is 4.79 Å². The highest BCUT2D eigenvalue weighted by atomic mass is 16.2. The van der Waals surface area contributed by atoms with Crippen molar-refractivity contribution in [2.24, 2.45) is 11.3 Å². The van der Waals surface area contributed by atoms with E-state index < -0.39 is 0 Å². The SMILES string of the molecule is CC(C)C1(C(=O)N[C@@H](C)c2ccccc2)CCNC1. The maximum Gasteiger partial charge on any atom is 0.228 e. The Morgan fingerprint density at radius 3 is 2.47 bits per heavy atom. The average molecular weight is 260 g/mol. The summed E-state index contributed by atoms with van der Waals surface area (Å²) in [7, 11) is 0. The van der Waals surface area contributed by atoms with Crippen LogP contribution < -0.4 is 10.6 Å². The predicted octanol–water partition coefficient (Wildman–Crippen LogP) is 2.50. The monoisotopic (exact) mass is 260 g/mol. The fourth-order valence-corrected chi connectivity index (χ4v) is 2.83. The average Bonchev–Trinajstić information content (AvgIpc) is 2.90. The summed E-state index contributed by atoms with van der Waals surface area (Å²) in [6.45, 7) is 8.05. The fourth-order valence-electron chi connectivity index (χ4n) is 2.83. The minimum atomic E-state index is -0.247. The fraction of sp³-hybridized carbons (Fsp3) is 0.562. The summed E-state index contributed by atoms with van der Waals surface area (Å²) in [5.41, 5.74) is 0.906. The number of nitrogens with one attached hydrogen (secondary N) is 2. The Kier molecular flexibility index (Phi) is 4.25. The van der Waals surface area contributed by atoms with Gasteiger partial charge < -0.3 is 10.6 Å². The second-order valence-corrected chi connectivity index (χ2v) is 5.84. The topological polar surface area (TPSA) is 41.1 Å². The van der Waals surface area contributed by atoms with Gasteiger partial charge in [0.15, 0.2) is 0 Å². The molecule has 2 N–H and O–H groups in total. The Balaban J connectivity index is 2.08. The minimum Gasteiger partial charge on any atom is -0.349 e. The Morgan fingerprint density at radius 2 is 1.95 bits per heavy atom. The molecule has 0 bridgehead atoms. The van der Waals surface area contributed by atoms with Crippen molar-refractivity contribution in [3.05, 3.63) is 35.9 Å².